The Hall–Kier alpha value is -2.41. The predicted molar refractivity (Wildman–Crippen MR) is 87.6 cm³/mol. The zero-order chi connectivity index (χ0) is 17.6. The van der Waals surface area contributed by atoms with Crippen LogP contribution in [-0.2, 0) is 25.5 Å². The van der Waals surface area contributed by atoms with Crippen molar-refractivity contribution in [3.63, 3.8) is 0 Å². The van der Waals surface area contributed by atoms with E-state index in [0.29, 0.717) is 18.9 Å². The van der Waals surface area contributed by atoms with Crippen LogP contribution in [0.15, 0.2) is 24.3 Å². The van der Waals surface area contributed by atoms with E-state index in [1.165, 1.54) is 0 Å². The number of hydrogen-bond acceptors (Lipinski definition) is 4. The fourth-order valence-electron chi connectivity index (χ4n) is 2.52. The lowest BCUT2D eigenvalue weighted by Gasteiger charge is -2.31. The molecule has 1 fully saturated rings. The number of hydrogen-bond donors (Lipinski definition) is 3. The van der Waals surface area contributed by atoms with Gasteiger partial charge in [-0.3, -0.25) is 14.4 Å². The average Bonchev–Trinajstić information content (AvgIpc) is 2.55. The van der Waals surface area contributed by atoms with Crippen LogP contribution >= 0.6 is 0 Å². The monoisotopic (exact) mass is 334 g/mol. The van der Waals surface area contributed by atoms with Crippen LogP contribution in [0.1, 0.15) is 25.3 Å². The van der Waals surface area contributed by atoms with Gasteiger partial charge >= 0.3 is 5.97 Å². The minimum Gasteiger partial charge on any atom is -0.480 e. The first-order valence-corrected chi connectivity index (χ1v) is 7.86. The second kappa shape index (κ2) is 7.92. The van der Waals surface area contributed by atoms with E-state index in [0.717, 1.165) is 18.4 Å². The van der Waals surface area contributed by atoms with Gasteiger partial charge in [-0.1, -0.05) is 12.1 Å². The number of aliphatic carboxylic acids is 1. The van der Waals surface area contributed by atoms with Gasteiger partial charge in [-0.25, -0.2) is 0 Å². The van der Waals surface area contributed by atoms with Gasteiger partial charge in [0.25, 0.3) is 0 Å². The van der Waals surface area contributed by atoms with Crippen molar-refractivity contribution >= 4 is 23.5 Å². The minimum absolute atomic E-state index is 0.0749. The van der Waals surface area contributed by atoms with Crippen molar-refractivity contribution in [2.24, 2.45) is 5.41 Å². The number of ether oxygens (including phenoxy) is 1. The van der Waals surface area contributed by atoms with Gasteiger partial charge in [-0.15, -0.1) is 0 Å². The normalized spacial score (nSPS) is 20.2. The molecule has 1 aliphatic heterocycles. The van der Waals surface area contributed by atoms with Crippen molar-refractivity contribution in [1.29, 1.82) is 0 Å². The lowest BCUT2D eigenvalue weighted by atomic mass is 9.84. The summed E-state index contributed by atoms with van der Waals surface area (Å²) < 4.78 is 5.40. The molecule has 0 aromatic heterocycles. The first kappa shape index (κ1) is 17.9. The maximum Gasteiger partial charge on any atom is 0.322 e. The van der Waals surface area contributed by atoms with Crippen molar-refractivity contribution in [2.45, 2.75) is 26.2 Å². The molecule has 1 saturated heterocycles. The predicted octanol–water partition coefficient (Wildman–Crippen LogP) is 1.19. The molecule has 0 saturated carbocycles. The van der Waals surface area contributed by atoms with E-state index in [1.807, 2.05) is 6.92 Å². The van der Waals surface area contributed by atoms with Gasteiger partial charge in [0.1, 0.15) is 6.54 Å². The lowest BCUT2D eigenvalue weighted by molar-refractivity contribution is -0.137. The molecular weight excluding hydrogens is 312 g/mol. The quantitative estimate of drug-likeness (QED) is 0.725. The van der Waals surface area contributed by atoms with E-state index in [1.54, 1.807) is 24.3 Å². The number of benzene rings is 1. The number of carbonyl (C=O) groups is 3. The summed E-state index contributed by atoms with van der Waals surface area (Å²) in [6, 6.07) is 6.92. The molecule has 7 nitrogen and oxygen atoms in total. The molecule has 130 valence electrons. The number of nitrogens with one attached hydrogen (secondary N) is 2. The molecule has 1 atom stereocenters. The summed E-state index contributed by atoms with van der Waals surface area (Å²) in [5.41, 5.74) is 0.873. The Bertz CT molecular complexity index is 606. The summed E-state index contributed by atoms with van der Waals surface area (Å²) in [5.74, 6) is -1.52. The van der Waals surface area contributed by atoms with Crippen molar-refractivity contribution in [3.05, 3.63) is 29.8 Å². The van der Waals surface area contributed by atoms with Gasteiger partial charge in [0, 0.05) is 12.3 Å². The lowest BCUT2D eigenvalue weighted by Crippen LogP contribution is -2.40. The molecule has 1 unspecified atom stereocenters. The van der Waals surface area contributed by atoms with Crippen LogP contribution in [0.3, 0.4) is 0 Å². The Morgan fingerprint density at radius 2 is 1.96 bits per heavy atom. The van der Waals surface area contributed by atoms with Crippen LogP contribution in [0.2, 0.25) is 0 Å². The molecule has 0 aliphatic carbocycles. The molecule has 0 radical (unpaired) electrons. The zero-order valence-corrected chi connectivity index (χ0v) is 13.6. The van der Waals surface area contributed by atoms with E-state index in [2.05, 4.69) is 10.6 Å². The highest BCUT2D eigenvalue weighted by Gasteiger charge is 2.35. The fraction of sp³-hybridized carbons (Fsp3) is 0.471. The molecule has 3 N–H and O–H groups in total. The third-order valence-electron chi connectivity index (χ3n) is 4.00. The molecule has 2 rings (SSSR count). The third-order valence-corrected chi connectivity index (χ3v) is 4.00. The molecule has 1 aromatic rings. The summed E-state index contributed by atoms with van der Waals surface area (Å²) >= 11 is 0. The second-order valence-electron chi connectivity index (χ2n) is 6.22. The van der Waals surface area contributed by atoms with E-state index >= 15 is 0 Å². The van der Waals surface area contributed by atoms with E-state index in [9.17, 15) is 14.4 Å². The first-order chi connectivity index (χ1) is 11.4. The molecule has 2 amide bonds. The smallest absolute Gasteiger partial charge is 0.322 e. The highest BCUT2D eigenvalue weighted by atomic mass is 16.5. The summed E-state index contributed by atoms with van der Waals surface area (Å²) in [7, 11) is 0. The number of rotatable bonds is 6. The zero-order valence-electron chi connectivity index (χ0n) is 13.6. The van der Waals surface area contributed by atoms with E-state index in [-0.39, 0.29) is 18.2 Å². The third kappa shape index (κ3) is 5.06. The van der Waals surface area contributed by atoms with Crippen LogP contribution in [0, 0.1) is 5.41 Å². The number of anilines is 1. The summed E-state index contributed by atoms with van der Waals surface area (Å²) in [5, 5.41) is 13.7. The molecule has 7 heteroatoms. The first-order valence-electron chi connectivity index (χ1n) is 7.86. The van der Waals surface area contributed by atoms with Crippen LogP contribution in [0.25, 0.3) is 0 Å². The number of carboxylic acid groups (broad SMARTS) is 1. The maximum absolute atomic E-state index is 12.4. The van der Waals surface area contributed by atoms with Crippen molar-refractivity contribution < 1.29 is 24.2 Å². The Morgan fingerprint density at radius 3 is 2.54 bits per heavy atom. The number of carbonyl (C=O) groups excluding carboxylic acids is 2. The highest BCUT2D eigenvalue weighted by molar-refractivity contribution is 5.95. The molecule has 24 heavy (non-hydrogen) atoms. The summed E-state index contributed by atoms with van der Waals surface area (Å²) in [6.07, 6.45) is 1.75. The van der Waals surface area contributed by atoms with Crippen molar-refractivity contribution in [3.8, 4) is 0 Å². The largest absolute Gasteiger partial charge is 0.480 e. The van der Waals surface area contributed by atoms with Crippen molar-refractivity contribution in [2.75, 3.05) is 25.1 Å². The molecule has 1 aliphatic rings. The fourth-order valence-corrected chi connectivity index (χ4v) is 2.52. The second-order valence-corrected chi connectivity index (χ2v) is 6.22. The van der Waals surface area contributed by atoms with Gasteiger partial charge in [-0.05, 0) is 37.5 Å². The van der Waals surface area contributed by atoms with Crippen LogP contribution in [-0.4, -0.2) is 42.6 Å². The highest BCUT2D eigenvalue weighted by Crippen LogP contribution is 2.29. The van der Waals surface area contributed by atoms with E-state index in [4.69, 9.17) is 9.84 Å². The van der Waals surface area contributed by atoms with E-state index < -0.39 is 17.9 Å². The standard InChI is InChI=1S/C17H22N2O5/c1-17(7-2-8-24-11-17)16(23)19-13-5-3-12(4-6-13)9-14(20)18-10-15(21)22/h3-6H,2,7-11H2,1H3,(H,18,20)(H,19,23)(H,21,22). The van der Waals surface area contributed by atoms with Crippen LogP contribution in [0.5, 0.6) is 0 Å². The minimum atomic E-state index is -1.08. The number of amides is 2. The Balaban J connectivity index is 1.88. The maximum atomic E-state index is 12.4. The van der Waals surface area contributed by atoms with Crippen molar-refractivity contribution in [1.82, 2.24) is 5.32 Å². The molecule has 0 bridgehead atoms. The van der Waals surface area contributed by atoms with Gasteiger partial charge in [0.2, 0.25) is 11.8 Å². The molecular formula is C17H22N2O5. The molecule has 0 spiro atoms. The van der Waals surface area contributed by atoms with Gasteiger partial charge in [0.15, 0.2) is 0 Å². The summed E-state index contributed by atoms with van der Waals surface area (Å²) in [6.45, 7) is 2.61. The topological polar surface area (TPSA) is 105 Å². The average molecular weight is 334 g/mol. The Morgan fingerprint density at radius 1 is 1.25 bits per heavy atom. The summed E-state index contributed by atoms with van der Waals surface area (Å²) in [4.78, 5) is 34.4. The number of carboxylic acids is 1. The Kier molecular flexibility index (Phi) is 5.92. The Labute approximate surface area is 140 Å². The van der Waals surface area contributed by atoms with Crippen LogP contribution in [0.4, 0.5) is 5.69 Å². The van der Waals surface area contributed by atoms with Gasteiger partial charge < -0.3 is 20.5 Å². The molecule has 1 aromatic carbocycles. The molecule has 1 heterocycles. The van der Waals surface area contributed by atoms with Gasteiger partial charge in [0.05, 0.1) is 18.4 Å². The van der Waals surface area contributed by atoms with Gasteiger partial charge in [-0.2, -0.15) is 0 Å². The SMILES string of the molecule is CC1(C(=O)Nc2ccc(CC(=O)NCC(=O)O)cc2)CCCOC1. The van der Waals surface area contributed by atoms with Crippen LogP contribution < -0.4 is 10.6 Å².